The molecule has 1 aliphatic heterocycles. The van der Waals surface area contributed by atoms with E-state index < -0.39 is 0 Å². The lowest BCUT2D eigenvalue weighted by atomic mass is 9.95. The predicted molar refractivity (Wildman–Crippen MR) is 117 cm³/mol. The smallest absolute Gasteiger partial charge is 0.264 e. The Bertz CT molecular complexity index is 1010. The summed E-state index contributed by atoms with van der Waals surface area (Å²) in [6.07, 6.45) is 0.611. The summed E-state index contributed by atoms with van der Waals surface area (Å²) in [7, 11) is 0. The molecule has 1 fully saturated rings. The summed E-state index contributed by atoms with van der Waals surface area (Å²) in [5, 5.41) is 2.97. The van der Waals surface area contributed by atoms with Crippen LogP contribution in [0.25, 0.3) is 11.1 Å². The number of carbonyl (C=O) groups excluding carboxylic acids is 2. The minimum absolute atomic E-state index is 0.0163. The van der Waals surface area contributed by atoms with Gasteiger partial charge in [0.2, 0.25) is 5.91 Å². The van der Waals surface area contributed by atoms with Gasteiger partial charge in [0.05, 0.1) is 10.8 Å². The maximum absolute atomic E-state index is 12.9. The van der Waals surface area contributed by atoms with Crippen molar-refractivity contribution in [3.05, 3.63) is 82.0 Å². The van der Waals surface area contributed by atoms with E-state index >= 15 is 0 Å². The standard InChI is InChI=1S/C24H24N2O2S/c1-17-10-11-22(29-17)24(28)26-13-12-25-23(27)21(16-26)15-18-6-5-9-20(14-18)19-7-3-2-4-8-19/h2-11,14,21H,12-13,15-16H2,1H3,(H,25,27). The minimum atomic E-state index is -0.256. The van der Waals surface area contributed by atoms with Gasteiger partial charge in [-0.1, -0.05) is 54.6 Å². The number of amides is 2. The van der Waals surface area contributed by atoms with Crippen LogP contribution in [0.4, 0.5) is 0 Å². The molecule has 29 heavy (non-hydrogen) atoms. The van der Waals surface area contributed by atoms with Crippen LogP contribution in [0.5, 0.6) is 0 Å². The van der Waals surface area contributed by atoms with Crippen LogP contribution in [0.3, 0.4) is 0 Å². The van der Waals surface area contributed by atoms with Gasteiger partial charge in [-0.05, 0) is 42.2 Å². The fourth-order valence-corrected chi connectivity index (χ4v) is 4.57. The van der Waals surface area contributed by atoms with E-state index in [2.05, 4.69) is 35.6 Å². The summed E-state index contributed by atoms with van der Waals surface area (Å²) >= 11 is 1.51. The molecule has 1 N–H and O–H groups in total. The monoisotopic (exact) mass is 404 g/mol. The first-order valence-electron chi connectivity index (χ1n) is 9.88. The van der Waals surface area contributed by atoms with Crippen molar-refractivity contribution < 1.29 is 9.59 Å². The quantitative estimate of drug-likeness (QED) is 0.710. The van der Waals surface area contributed by atoms with Gasteiger partial charge in [-0.2, -0.15) is 0 Å². The van der Waals surface area contributed by atoms with Crippen molar-refractivity contribution in [3.63, 3.8) is 0 Å². The molecule has 1 saturated heterocycles. The first kappa shape index (κ1) is 19.4. The highest BCUT2D eigenvalue weighted by Gasteiger charge is 2.28. The van der Waals surface area contributed by atoms with Crippen LogP contribution in [0.2, 0.25) is 0 Å². The van der Waals surface area contributed by atoms with Gasteiger partial charge in [0.1, 0.15) is 0 Å². The summed E-state index contributed by atoms with van der Waals surface area (Å²) in [5.41, 5.74) is 3.40. The Balaban J connectivity index is 1.52. The van der Waals surface area contributed by atoms with E-state index in [1.165, 1.54) is 11.3 Å². The van der Waals surface area contributed by atoms with Crippen molar-refractivity contribution in [2.75, 3.05) is 19.6 Å². The summed E-state index contributed by atoms with van der Waals surface area (Å²) in [6, 6.07) is 22.4. The Morgan fingerprint density at radius 1 is 1.07 bits per heavy atom. The molecule has 4 rings (SSSR count). The van der Waals surface area contributed by atoms with Gasteiger partial charge in [0, 0.05) is 24.5 Å². The highest BCUT2D eigenvalue weighted by Crippen LogP contribution is 2.23. The van der Waals surface area contributed by atoms with Gasteiger partial charge in [0.25, 0.3) is 5.91 Å². The Hall–Kier alpha value is -2.92. The van der Waals surface area contributed by atoms with E-state index in [0.717, 1.165) is 26.4 Å². The third-order valence-electron chi connectivity index (χ3n) is 5.25. The zero-order valence-electron chi connectivity index (χ0n) is 16.4. The Morgan fingerprint density at radius 2 is 1.86 bits per heavy atom. The number of thiophene rings is 1. The van der Waals surface area contributed by atoms with Crippen LogP contribution in [0.15, 0.2) is 66.7 Å². The molecule has 2 heterocycles. The SMILES string of the molecule is Cc1ccc(C(=O)N2CCNC(=O)C(Cc3cccc(-c4ccccc4)c3)C2)s1. The van der Waals surface area contributed by atoms with Crippen LogP contribution < -0.4 is 5.32 Å². The molecule has 4 nitrogen and oxygen atoms in total. The molecular weight excluding hydrogens is 380 g/mol. The van der Waals surface area contributed by atoms with Crippen LogP contribution >= 0.6 is 11.3 Å². The minimum Gasteiger partial charge on any atom is -0.354 e. The normalized spacial score (nSPS) is 16.9. The van der Waals surface area contributed by atoms with Gasteiger partial charge in [-0.25, -0.2) is 0 Å². The van der Waals surface area contributed by atoms with Gasteiger partial charge in [-0.3, -0.25) is 9.59 Å². The molecule has 1 atom stereocenters. The molecule has 5 heteroatoms. The Kier molecular flexibility index (Phi) is 5.76. The van der Waals surface area contributed by atoms with Crippen molar-refractivity contribution in [3.8, 4) is 11.1 Å². The zero-order valence-corrected chi connectivity index (χ0v) is 17.2. The lowest BCUT2D eigenvalue weighted by Gasteiger charge is -2.23. The van der Waals surface area contributed by atoms with Crippen molar-refractivity contribution in [2.24, 2.45) is 5.92 Å². The van der Waals surface area contributed by atoms with Gasteiger partial charge < -0.3 is 10.2 Å². The predicted octanol–water partition coefficient (Wildman–Crippen LogP) is 4.15. The molecule has 0 saturated carbocycles. The maximum atomic E-state index is 12.9. The fraction of sp³-hybridized carbons (Fsp3) is 0.250. The number of hydrogen-bond donors (Lipinski definition) is 1. The largest absolute Gasteiger partial charge is 0.354 e. The van der Waals surface area contributed by atoms with E-state index in [0.29, 0.717) is 26.1 Å². The van der Waals surface area contributed by atoms with Crippen molar-refractivity contribution in [1.29, 1.82) is 0 Å². The third kappa shape index (κ3) is 4.57. The molecule has 0 aliphatic carbocycles. The first-order chi connectivity index (χ1) is 14.1. The van der Waals surface area contributed by atoms with E-state index in [1.54, 1.807) is 0 Å². The van der Waals surface area contributed by atoms with Crippen LogP contribution in [-0.4, -0.2) is 36.3 Å². The second-order valence-electron chi connectivity index (χ2n) is 7.42. The van der Waals surface area contributed by atoms with Gasteiger partial charge in [0.15, 0.2) is 0 Å². The van der Waals surface area contributed by atoms with Crippen molar-refractivity contribution in [1.82, 2.24) is 10.2 Å². The van der Waals surface area contributed by atoms with E-state index in [9.17, 15) is 9.59 Å². The average Bonchev–Trinajstić information content (AvgIpc) is 3.10. The van der Waals surface area contributed by atoms with E-state index in [1.807, 2.05) is 48.2 Å². The number of benzene rings is 2. The molecule has 1 aromatic heterocycles. The Labute approximate surface area is 175 Å². The van der Waals surface area contributed by atoms with Crippen LogP contribution in [0, 0.1) is 12.8 Å². The molecule has 2 aromatic carbocycles. The molecule has 0 radical (unpaired) electrons. The third-order valence-corrected chi connectivity index (χ3v) is 6.24. The number of carbonyl (C=O) groups is 2. The van der Waals surface area contributed by atoms with E-state index in [-0.39, 0.29) is 17.7 Å². The summed E-state index contributed by atoms with van der Waals surface area (Å²) in [6.45, 7) is 3.48. The molecule has 0 spiro atoms. The molecule has 0 bridgehead atoms. The molecule has 1 unspecified atom stereocenters. The van der Waals surface area contributed by atoms with Gasteiger partial charge in [-0.15, -0.1) is 11.3 Å². The van der Waals surface area contributed by atoms with Crippen molar-refractivity contribution in [2.45, 2.75) is 13.3 Å². The maximum Gasteiger partial charge on any atom is 0.264 e. The molecule has 3 aromatic rings. The second kappa shape index (κ2) is 8.62. The second-order valence-corrected chi connectivity index (χ2v) is 8.71. The lowest BCUT2D eigenvalue weighted by molar-refractivity contribution is -0.124. The highest BCUT2D eigenvalue weighted by atomic mass is 32.1. The first-order valence-corrected chi connectivity index (χ1v) is 10.7. The molecule has 2 amide bonds. The molecular formula is C24H24N2O2S. The number of aryl methyl sites for hydroxylation is 1. The van der Waals surface area contributed by atoms with Gasteiger partial charge >= 0.3 is 0 Å². The number of hydrogen-bond acceptors (Lipinski definition) is 3. The molecule has 148 valence electrons. The number of rotatable bonds is 4. The summed E-state index contributed by atoms with van der Waals surface area (Å²) in [4.78, 5) is 29.2. The van der Waals surface area contributed by atoms with Crippen LogP contribution in [0.1, 0.15) is 20.1 Å². The summed E-state index contributed by atoms with van der Waals surface area (Å²) in [5.74, 6) is -0.219. The van der Waals surface area contributed by atoms with Crippen molar-refractivity contribution >= 4 is 23.2 Å². The Morgan fingerprint density at radius 3 is 2.62 bits per heavy atom. The molecule has 1 aliphatic rings. The van der Waals surface area contributed by atoms with Crippen LogP contribution in [-0.2, 0) is 11.2 Å². The number of nitrogens with zero attached hydrogens (tertiary/aromatic N) is 1. The number of nitrogens with one attached hydrogen (secondary N) is 1. The summed E-state index contributed by atoms with van der Waals surface area (Å²) < 4.78 is 0. The topological polar surface area (TPSA) is 49.4 Å². The highest BCUT2D eigenvalue weighted by molar-refractivity contribution is 7.13. The van der Waals surface area contributed by atoms with E-state index in [4.69, 9.17) is 0 Å². The zero-order chi connectivity index (χ0) is 20.2. The fourth-order valence-electron chi connectivity index (χ4n) is 3.74. The lowest BCUT2D eigenvalue weighted by Crippen LogP contribution is -2.37. The average molecular weight is 405 g/mol.